The van der Waals surface area contributed by atoms with Crippen molar-refractivity contribution in [2.75, 3.05) is 37.1 Å². The quantitative estimate of drug-likeness (QED) is 0.669. The van der Waals surface area contributed by atoms with Gasteiger partial charge in [-0.05, 0) is 62.4 Å². The zero-order valence-electron chi connectivity index (χ0n) is 15.5. The molecule has 0 radical (unpaired) electrons. The Morgan fingerprint density at radius 1 is 0.704 bits per heavy atom. The van der Waals surface area contributed by atoms with E-state index in [1.807, 2.05) is 13.8 Å². The molecule has 0 saturated heterocycles. The fraction of sp³-hybridized carbons (Fsp3) is 0.300. The smallest absolute Gasteiger partial charge is 0.250 e. The van der Waals surface area contributed by atoms with Gasteiger partial charge in [0.1, 0.15) is 24.7 Å². The van der Waals surface area contributed by atoms with Crippen LogP contribution in [-0.2, 0) is 14.3 Å². The Morgan fingerprint density at radius 2 is 1.07 bits per heavy atom. The minimum Gasteiger partial charge on any atom is -0.494 e. The van der Waals surface area contributed by atoms with Crippen molar-refractivity contribution in [1.82, 2.24) is 0 Å². The first-order chi connectivity index (χ1) is 13.1. The van der Waals surface area contributed by atoms with Crippen LogP contribution >= 0.6 is 0 Å². The second-order valence-electron chi connectivity index (χ2n) is 5.50. The normalized spacial score (nSPS) is 10.1. The Morgan fingerprint density at radius 3 is 1.41 bits per heavy atom. The number of rotatable bonds is 10. The predicted molar refractivity (Wildman–Crippen MR) is 103 cm³/mol. The highest BCUT2D eigenvalue weighted by Crippen LogP contribution is 2.16. The maximum atomic E-state index is 11.8. The van der Waals surface area contributed by atoms with Crippen molar-refractivity contribution in [3.05, 3.63) is 48.5 Å². The zero-order valence-corrected chi connectivity index (χ0v) is 15.5. The molecule has 0 fully saturated rings. The number of anilines is 2. The Bertz CT molecular complexity index is 666. The van der Waals surface area contributed by atoms with Crippen LogP contribution in [0.5, 0.6) is 11.5 Å². The van der Waals surface area contributed by atoms with Gasteiger partial charge in [0.05, 0.1) is 13.2 Å². The van der Waals surface area contributed by atoms with Crippen molar-refractivity contribution in [2.45, 2.75) is 13.8 Å². The first-order valence-electron chi connectivity index (χ1n) is 8.74. The molecule has 0 bridgehead atoms. The molecule has 7 nitrogen and oxygen atoms in total. The summed E-state index contributed by atoms with van der Waals surface area (Å²) in [5, 5.41) is 5.38. The maximum absolute atomic E-state index is 11.8. The zero-order chi connectivity index (χ0) is 19.5. The fourth-order valence-corrected chi connectivity index (χ4v) is 2.23. The molecule has 2 aromatic rings. The molecule has 0 aliphatic carbocycles. The van der Waals surface area contributed by atoms with Crippen LogP contribution in [0.4, 0.5) is 11.4 Å². The summed E-state index contributed by atoms with van der Waals surface area (Å²) < 4.78 is 15.8. The largest absolute Gasteiger partial charge is 0.494 e. The average molecular weight is 372 g/mol. The number of hydrogen-bond acceptors (Lipinski definition) is 5. The summed E-state index contributed by atoms with van der Waals surface area (Å²) in [5.41, 5.74) is 1.26. The molecule has 27 heavy (non-hydrogen) atoms. The van der Waals surface area contributed by atoms with E-state index in [1.165, 1.54) is 0 Å². The number of carbonyl (C=O) groups is 2. The van der Waals surface area contributed by atoms with E-state index in [0.29, 0.717) is 24.6 Å². The van der Waals surface area contributed by atoms with E-state index in [0.717, 1.165) is 11.5 Å². The van der Waals surface area contributed by atoms with Gasteiger partial charge in [-0.3, -0.25) is 9.59 Å². The highest BCUT2D eigenvalue weighted by Gasteiger charge is 2.07. The Hall–Kier alpha value is -3.06. The van der Waals surface area contributed by atoms with E-state index >= 15 is 0 Å². The monoisotopic (exact) mass is 372 g/mol. The summed E-state index contributed by atoms with van der Waals surface area (Å²) in [7, 11) is 0. The summed E-state index contributed by atoms with van der Waals surface area (Å²) in [4.78, 5) is 23.7. The van der Waals surface area contributed by atoms with Crippen molar-refractivity contribution in [3.63, 3.8) is 0 Å². The lowest BCUT2D eigenvalue weighted by Crippen LogP contribution is -2.23. The molecule has 0 aliphatic heterocycles. The van der Waals surface area contributed by atoms with Gasteiger partial charge >= 0.3 is 0 Å². The highest BCUT2D eigenvalue weighted by atomic mass is 16.5. The molecular formula is C20H24N2O5. The number of ether oxygens (including phenoxy) is 3. The summed E-state index contributed by atoms with van der Waals surface area (Å²) in [5.74, 6) is 0.788. The maximum Gasteiger partial charge on any atom is 0.250 e. The Kier molecular flexibility index (Phi) is 8.12. The van der Waals surface area contributed by atoms with Crippen LogP contribution in [-0.4, -0.2) is 38.2 Å². The third-order valence-electron chi connectivity index (χ3n) is 3.36. The summed E-state index contributed by atoms with van der Waals surface area (Å²) in [6.07, 6.45) is 0. The lowest BCUT2D eigenvalue weighted by Gasteiger charge is -2.09. The van der Waals surface area contributed by atoms with Crippen LogP contribution in [0.25, 0.3) is 0 Å². The molecular weight excluding hydrogens is 348 g/mol. The minimum atomic E-state index is -0.340. The van der Waals surface area contributed by atoms with Crippen LogP contribution in [0.2, 0.25) is 0 Å². The minimum absolute atomic E-state index is 0.218. The van der Waals surface area contributed by atoms with Gasteiger partial charge in [-0.2, -0.15) is 0 Å². The third kappa shape index (κ3) is 7.37. The molecule has 0 aliphatic rings. The second kappa shape index (κ2) is 10.8. The first-order valence-corrected chi connectivity index (χ1v) is 8.74. The SMILES string of the molecule is CCOc1ccc(NC(=O)COCC(=O)Nc2ccc(OCC)cc2)cc1. The molecule has 2 aromatic carbocycles. The van der Waals surface area contributed by atoms with Crippen LogP contribution in [0, 0.1) is 0 Å². The van der Waals surface area contributed by atoms with Gasteiger partial charge in [-0.25, -0.2) is 0 Å². The van der Waals surface area contributed by atoms with Crippen LogP contribution in [0.3, 0.4) is 0 Å². The highest BCUT2D eigenvalue weighted by molar-refractivity contribution is 5.93. The molecule has 0 heterocycles. The number of amides is 2. The first kappa shape index (κ1) is 20.3. The van der Waals surface area contributed by atoms with Crippen molar-refractivity contribution in [2.24, 2.45) is 0 Å². The topological polar surface area (TPSA) is 85.9 Å². The number of benzene rings is 2. The van der Waals surface area contributed by atoms with E-state index in [-0.39, 0.29) is 25.0 Å². The van der Waals surface area contributed by atoms with E-state index in [4.69, 9.17) is 14.2 Å². The summed E-state index contributed by atoms with van der Waals surface area (Å²) in [6, 6.07) is 14.0. The van der Waals surface area contributed by atoms with Crippen molar-refractivity contribution in [1.29, 1.82) is 0 Å². The van der Waals surface area contributed by atoms with Gasteiger partial charge < -0.3 is 24.8 Å². The molecule has 2 N–H and O–H groups in total. The van der Waals surface area contributed by atoms with Crippen LogP contribution < -0.4 is 20.1 Å². The fourth-order valence-electron chi connectivity index (χ4n) is 2.23. The second-order valence-corrected chi connectivity index (χ2v) is 5.50. The number of nitrogens with one attached hydrogen (secondary N) is 2. The molecule has 0 spiro atoms. The van der Waals surface area contributed by atoms with Gasteiger partial charge in [0.2, 0.25) is 11.8 Å². The molecule has 0 atom stereocenters. The molecule has 2 rings (SSSR count). The number of carbonyl (C=O) groups excluding carboxylic acids is 2. The van der Waals surface area contributed by atoms with Gasteiger partial charge in [-0.15, -0.1) is 0 Å². The average Bonchev–Trinajstić information content (AvgIpc) is 2.65. The lowest BCUT2D eigenvalue weighted by atomic mass is 10.3. The molecule has 7 heteroatoms. The van der Waals surface area contributed by atoms with Gasteiger partial charge in [0.25, 0.3) is 0 Å². The summed E-state index contributed by atoms with van der Waals surface area (Å²) in [6.45, 7) is 4.53. The summed E-state index contributed by atoms with van der Waals surface area (Å²) >= 11 is 0. The van der Waals surface area contributed by atoms with E-state index in [9.17, 15) is 9.59 Å². The Balaban J connectivity index is 1.68. The third-order valence-corrected chi connectivity index (χ3v) is 3.36. The van der Waals surface area contributed by atoms with Crippen LogP contribution in [0.1, 0.15) is 13.8 Å². The van der Waals surface area contributed by atoms with Gasteiger partial charge in [-0.1, -0.05) is 0 Å². The Labute approximate surface area is 158 Å². The van der Waals surface area contributed by atoms with Gasteiger partial charge in [0, 0.05) is 11.4 Å². The van der Waals surface area contributed by atoms with Gasteiger partial charge in [0.15, 0.2) is 0 Å². The molecule has 144 valence electrons. The van der Waals surface area contributed by atoms with E-state index < -0.39 is 0 Å². The molecule has 0 saturated carbocycles. The van der Waals surface area contributed by atoms with Crippen molar-refractivity contribution >= 4 is 23.2 Å². The van der Waals surface area contributed by atoms with Crippen LogP contribution in [0.15, 0.2) is 48.5 Å². The van der Waals surface area contributed by atoms with E-state index in [1.54, 1.807) is 48.5 Å². The predicted octanol–water partition coefficient (Wildman–Crippen LogP) is 3.08. The molecule has 0 unspecified atom stereocenters. The van der Waals surface area contributed by atoms with Crippen molar-refractivity contribution in [3.8, 4) is 11.5 Å². The molecule has 0 aromatic heterocycles. The lowest BCUT2D eigenvalue weighted by molar-refractivity contribution is -0.125. The van der Waals surface area contributed by atoms with E-state index in [2.05, 4.69) is 10.6 Å². The van der Waals surface area contributed by atoms with Crippen molar-refractivity contribution < 1.29 is 23.8 Å². The molecule has 2 amide bonds. The standard InChI is InChI=1S/C20H24N2O5/c1-3-26-17-9-5-15(6-10-17)21-19(23)13-25-14-20(24)22-16-7-11-18(12-8-16)27-4-2/h5-12H,3-4,13-14H2,1-2H3,(H,21,23)(H,22,24). The number of hydrogen-bond donors (Lipinski definition) is 2.